The smallest absolute Gasteiger partial charge is 0.220 e. The fourth-order valence-electron chi connectivity index (χ4n) is 4.63. The summed E-state index contributed by atoms with van der Waals surface area (Å²) in [6.45, 7) is 2.56. The summed E-state index contributed by atoms with van der Waals surface area (Å²) < 4.78 is 7.01. The van der Waals surface area contributed by atoms with Gasteiger partial charge >= 0.3 is 0 Å². The number of pyridine rings is 1. The standard InChI is InChI=1S/C28H27ClN6OS/c29-25-14-18(9-10-34-25)26(31)22-13-19(7-8-23(22)30)27(32)36-28(33)20-5-3-11-35(15-20)16-21-12-17-4-1-2-6-24(17)37-21/h1-2,4,6-10,12-14,20,31-33H,3,5,11,15-16,30H2. The van der Waals surface area contributed by atoms with Crippen LogP contribution < -0.4 is 5.73 Å². The second kappa shape index (κ2) is 10.8. The number of thiophene rings is 1. The number of nitrogen functional groups attached to an aromatic ring is 1. The summed E-state index contributed by atoms with van der Waals surface area (Å²) in [5, 5.41) is 27.2. The number of likely N-dealkylation sites (tertiary alicyclic amines) is 1. The van der Waals surface area contributed by atoms with Crippen LogP contribution in [0.2, 0.25) is 5.15 Å². The molecule has 1 fully saturated rings. The van der Waals surface area contributed by atoms with Crippen LogP contribution in [0, 0.1) is 22.1 Å². The van der Waals surface area contributed by atoms with Crippen molar-refractivity contribution in [3.8, 4) is 0 Å². The van der Waals surface area contributed by atoms with Crippen LogP contribution in [-0.2, 0) is 11.3 Å². The summed E-state index contributed by atoms with van der Waals surface area (Å²) in [5.41, 5.74) is 8.22. The molecular weight excluding hydrogens is 504 g/mol. The van der Waals surface area contributed by atoms with Gasteiger partial charge in [0.2, 0.25) is 5.90 Å². The Morgan fingerprint density at radius 3 is 2.73 bits per heavy atom. The Kier molecular flexibility index (Phi) is 7.32. The third-order valence-corrected chi connectivity index (χ3v) is 7.85. The molecule has 4 aromatic rings. The zero-order valence-corrected chi connectivity index (χ0v) is 21.7. The lowest BCUT2D eigenvalue weighted by molar-refractivity contribution is 0.188. The lowest BCUT2D eigenvalue weighted by atomic mass is 9.97. The van der Waals surface area contributed by atoms with E-state index in [1.54, 1.807) is 30.3 Å². The predicted octanol–water partition coefficient (Wildman–Crippen LogP) is 6.18. The summed E-state index contributed by atoms with van der Waals surface area (Å²) in [7, 11) is 0. The molecule has 1 aliphatic heterocycles. The molecule has 188 valence electrons. The van der Waals surface area contributed by atoms with E-state index in [1.807, 2.05) is 11.3 Å². The Balaban J connectivity index is 1.24. The number of nitrogens with one attached hydrogen (secondary N) is 3. The van der Waals surface area contributed by atoms with Crippen LogP contribution in [0.25, 0.3) is 10.1 Å². The fraction of sp³-hybridized carbons (Fsp3) is 0.214. The van der Waals surface area contributed by atoms with Gasteiger partial charge in [-0.1, -0.05) is 29.8 Å². The molecule has 3 heterocycles. The molecule has 2 aromatic carbocycles. The number of nitrogens with zero attached hydrogens (tertiary/aromatic N) is 2. The molecule has 0 radical (unpaired) electrons. The van der Waals surface area contributed by atoms with Crippen molar-refractivity contribution in [2.75, 3.05) is 18.8 Å². The number of aromatic nitrogens is 1. The number of rotatable bonds is 6. The van der Waals surface area contributed by atoms with E-state index >= 15 is 0 Å². The molecule has 5 rings (SSSR count). The number of benzene rings is 2. The van der Waals surface area contributed by atoms with Crippen molar-refractivity contribution in [2.24, 2.45) is 5.92 Å². The molecular formula is C28H27ClN6OS. The van der Waals surface area contributed by atoms with Gasteiger partial charge in [-0.15, -0.1) is 11.3 Å². The summed E-state index contributed by atoms with van der Waals surface area (Å²) in [6, 6.07) is 18.9. The van der Waals surface area contributed by atoms with Gasteiger partial charge in [0.25, 0.3) is 0 Å². The molecule has 0 saturated carbocycles. The van der Waals surface area contributed by atoms with Crippen molar-refractivity contribution in [1.29, 1.82) is 16.2 Å². The van der Waals surface area contributed by atoms with Crippen LogP contribution in [0.3, 0.4) is 0 Å². The van der Waals surface area contributed by atoms with Crippen molar-refractivity contribution in [2.45, 2.75) is 19.4 Å². The third-order valence-electron chi connectivity index (χ3n) is 6.54. The third kappa shape index (κ3) is 5.72. The van der Waals surface area contributed by atoms with Gasteiger partial charge in [-0.2, -0.15) is 0 Å². The second-order valence-corrected chi connectivity index (χ2v) is 10.7. The van der Waals surface area contributed by atoms with Crippen LogP contribution in [0.5, 0.6) is 0 Å². The molecule has 1 atom stereocenters. The summed E-state index contributed by atoms with van der Waals surface area (Å²) in [4.78, 5) is 7.63. The Morgan fingerprint density at radius 2 is 1.92 bits per heavy atom. The number of halogens is 1. The lowest BCUT2D eigenvalue weighted by Gasteiger charge is -2.32. The van der Waals surface area contributed by atoms with Gasteiger partial charge < -0.3 is 10.5 Å². The summed E-state index contributed by atoms with van der Waals surface area (Å²) in [5.74, 6) is -0.108. The van der Waals surface area contributed by atoms with E-state index < -0.39 is 0 Å². The molecule has 9 heteroatoms. The van der Waals surface area contributed by atoms with Gasteiger partial charge in [0.1, 0.15) is 5.15 Å². The number of piperidine rings is 1. The molecule has 1 unspecified atom stereocenters. The summed E-state index contributed by atoms with van der Waals surface area (Å²) >= 11 is 7.80. The number of fused-ring (bicyclic) bond motifs is 1. The minimum absolute atomic E-state index is 0.0750. The van der Waals surface area contributed by atoms with Gasteiger partial charge in [0, 0.05) is 57.2 Å². The highest BCUT2D eigenvalue weighted by atomic mass is 35.5. The number of nitrogens with two attached hydrogens (primary N) is 1. The fourth-order valence-corrected chi connectivity index (χ4v) is 5.91. The van der Waals surface area contributed by atoms with Crippen molar-refractivity contribution >= 4 is 56.2 Å². The van der Waals surface area contributed by atoms with Gasteiger partial charge in [-0.05, 0) is 67.2 Å². The van der Waals surface area contributed by atoms with E-state index in [0.717, 1.165) is 32.5 Å². The first-order valence-corrected chi connectivity index (χ1v) is 13.2. The first kappa shape index (κ1) is 25.1. The molecule has 1 aliphatic rings. The largest absolute Gasteiger partial charge is 0.425 e. The average Bonchev–Trinajstić information content (AvgIpc) is 3.31. The van der Waals surface area contributed by atoms with Crippen molar-refractivity contribution in [1.82, 2.24) is 9.88 Å². The average molecular weight is 531 g/mol. The maximum Gasteiger partial charge on any atom is 0.220 e. The van der Waals surface area contributed by atoms with Gasteiger partial charge in [-0.25, -0.2) is 4.98 Å². The minimum Gasteiger partial charge on any atom is -0.425 e. The van der Waals surface area contributed by atoms with Gasteiger partial charge in [-0.3, -0.25) is 21.1 Å². The zero-order chi connectivity index (χ0) is 25.9. The monoisotopic (exact) mass is 530 g/mol. The molecule has 7 nitrogen and oxygen atoms in total. The van der Waals surface area contributed by atoms with Crippen molar-refractivity contribution < 1.29 is 4.74 Å². The van der Waals surface area contributed by atoms with Gasteiger partial charge in [0.05, 0.1) is 5.71 Å². The number of hydrogen-bond acceptors (Lipinski definition) is 8. The topological polar surface area (TPSA) is 123 Å². The Bertz CT molecular complexity index is 1470. The first-order valence-electron chi connectivity index (χ1n) is 12.0. The molecule has 0 spiro atoms. The maximum atomic E-state index is 8.58. The number of ether oxygens (including phenoxy) is 1. The normalized spacial score (nSPS) is 16.0. The van der Waals surface area contributed by atoms with Gasteiger partial charge in [0.15, 0.2) is 5.90 Å². The van der Waals surface area contributed by atoms with E-state index in [1.165, 1.54) is 21.2 Å². The lowest BCUT2D eigenvalue weighted by Crippen LogP contribution is -2.39. The molecule has 37 heavy (non-hydrogen) atoms. The van der Waals surface area contributed by atoms with Crippen LogP contribution in [0.15, 0.2) is 66.9 Å². The van der Waals surface area contributed by atoms with E-state index in [-0.39, 0.29) is 28.6 Å². The summed E-state index contributed by atoms with van der Waals surface area (Å²) in [6.07, 6.45) is 3.37. The molecule has 0 amide bonds. The van der Waals surface area contributed by atoms with Crippen molar-refractivity contribution in [3.63, 3.8) is 0 Å². The molecule has 0 bridgehead atoms. The highest BCUT2D eigenvalue weighted by Crippen LogP contribution is 2.28. The van der Waals surface area contributed by atoms with E-state index in [2.05, 4.69) is 40.2 Å². The second-order valence-electron chi connectivity index (χ2n) is 9.16. The quantitative estimate of drug-likeness (QED) is 0.103. The maximum absolute atomic E-state index is 8.58. The highest BCUT2D eigenvalue weighted by Gasteiger charge is 2.26. The number of hydrogen-bond donors (Lipinski definition) is 4. The Hall–Kier alpha value is -3.59. The first-order chi connectivity index (χ1) is 17.9. The molecule has 0 aliphatic carbocycles. The van der Waals surface area contributed by atoms with Crippen LogP contribution >= 0.6 is 22.9 Å². The SMILES string of the molecule is N=C(OC(=N)C1CCCN(Cc2cc3ccccc3s2)C1)c1ccc(N)c(C(=N)c2ccnc(Cl)c2)c1. The van der Waals surface area contributed by atoms with Crippen LogP contribution in [0.4, 0.5) is 5.69 Å². The van der Waals surface area contributed by atoms with Crippen molar-refractivity contribution in [3.05, 3.63) is 93.6 Å². The zero-order valence-electron chi connectivity index (χ0n) is 20.1. The Labute approximate surface area is 224 Å². The molecule has 5 N–H and O–H groups in total. The number of anilines is 1. The predicted molar refractivity (Wildman–Crippen MR) is 151 cm³/mol. The van der Waals surface area contributed by atoms with E-state index in [9.17, 15) is 0 Å². The van der Waals surface area contributed by atoms with Crippen LogP contribution in [0.1, 0.15) is 34.4 Å². The molecule has 1 saturated heterocycles. The van der Waals surface area contributed by atoms with E-state index in [0.29, 0.717) is 22.4 Å². The highest BCUT2D eigenvalue weighted by molar-refractivity contribution is 7.19. The Morgan fingerprint density at radius 1 is 1.08 bits per heavy atom. The molecule has 2 aromatic heterocycles. The minimum atomic E-state index is -0.131. The van der Waals surface area contributed by atoms with E-state index in [4.69, 9.17) is 38.3 Å². The van der Waals surface area contributed by atoms with Crippen LogP contribution in [-0.4, -0.2) is 40.5 Å².